The highest BCUT2D eigenvalue weighted by Gasteiger charge is 2.64. The molecular weight excluding hydrogens is 174 g/mol. The van der Waals surface area contributed by atoms with Gasteiger partial charge in [0.2, 0.25) is 0 Å². The van der Waals surface area contributed by atoms with Crippen LogP contribution in [-0.4, -0.2) is 34.7 Å². The Kier molecular flexibility index (Phi) is 2.39. The molecular formula is C12H23NO. The van der Waals surface area contributed by atoms with Gasteiger partial charge in [0, 0.05) is 23.5 Å². The monoisotopic (exact) mass is 197 g/mol. The lowest BCUT2D eigenvalue weighted by atomic mass is 9.93. The molecule has 2 rings (SSSR count). The summed E-state index contributed by atoms with van der Waals surface area (Å²) in [4.78, 5) is 2.64. The topological polar surface area (TPSA) is 23.5 Å². The third-order valence-electron chi connectivity index (χ3n) is 4.19. The molecule has 2 fully saturated rings. The number of piperidine rings is 1. The van der Waals surface area contributed by atoms with Crippen LogP contribution in [0.2, 0.25) is 0 Å². The highest BCUT2D eigenvalue weighted by atomic mass is 16.3. The van der Waals surface area contributed by atoms with Crippen molar-refractivity contribution in [1.82, 2.24) is 4.90 Å². The fourth-order valence-electron chi connectivity index (χ4n) is 3.28. The summed E-state index contributed by atoms with van der Waals surface area (Å²) in [5.74, 6) is 0.716. The van der Waals surface area contributed by atoms with E-state index in [0.29, 0.717) is 36.1 Å². The zero-order chi connectivity index (χ0) is 10.5. The van der Waals surface area contributed by atoms with E-state index >= 15 is 0 Å². The molecule has 1 saturated heterocycles. The number of aliphatic hydroxyl groups excluding tert-OH is 1. The maximum absolute atomic E-state index is 9.44. The maximum atomic E-state index is 9.44. The number of hydrogen-bond donors (Lipinski definition) is 1. The molecule has 14 heavy (non-hydrogen) atoms. The fourth-order valence-corrected chi connectivity index (χ4v) is 3.28. The molecule has 0 aromatic rings. The molecule has 1 heterocycles. The van der Waals surface area contributed by atoms with Crippen molar-refractivity contribution in [1.29, 1.82) is 0 Å². The van der Waals surface area contributed by atoms with Gasteiger partial charge in [-0.15, -0.1) is 0 Å². The van der Waals surface area contributed by atoms with Gasteiger partial charge < -0.3 is 5.11 Å². The Bertz CT molecular complexity index is 226. The van der Waals surface area contributed by atoms with Crippen molar-refractivity contribution in [3.05, 3.63) is 0 Å². The molecule has 0 aromatic carbocycles. The largest absolute Gasteiger partial charge is 0.396 e. The van der Waals surface area contributed by atoms with Crippen LogP contribution >= 0.6 is 0 Å². The average Bonchev–Trinajstić information content (AvgIpc) is 2.71. The van der Waals surface area contributed by atoms with Crippen LogP contribution in [0.3, 0.4) is 0 Å². The summed E-state index contributed by atoms with van der Waals surface area (Å²) in [6, 6.07) is 2.00. The van der Waals surface area contributed by atoms with E-state index in [1.807, 2.05) is 0 Å². The first kappa shape index (κ1) is 10.4. The molecule has 0 radical (unpaired) electrons. The number of nitrogens with zero attached hydrogens (tertiary/aromatic N) is 1. The van der Waals surface area contributed by atoms with Crippen LogP contribution in [0.4, 0.5) is 0 Å². The molecule has 3 unspecified atom stereocenters. The number of fused-ring (bicyclic) bond motifs is 1. The Morgan fingerprint density at radius 1 is 1.29 bits per heavy atom. The molecule has 82 valence electrons. The van der Waals surface area contributed by atoms with E-state index in [1.54, 1.807) is 0 Å². The van der Waals surface area contributed by atoms with Gasteiger partial charge in [-0.2, -0.15) is 0 Å². The lowest BCUT2D eigenvalue weighted by molar-refractivity contribution is 0.136. The van der Waals surface area contributed by atoms with Gasteiger partial charge in [-0.25, -0.2) is 0 Å². The van der Waals surface area contributed by atoms with Gasteiger partial charge in [0.1, 0.15) is 0 Å². The van der Waals surface area contributed by atoms with Gasteiger partial charge in [-0.05, 0) is 32.6 Å². The van der Waals surface area contributed by atoms with Gasteiger partial charge in [-0.1, -0.05) is 13.8 Å². The maximum Gasteiger partial charge on any atom is 0.0503 e. The predicted molar refractivity (Wildman–Crippen MR) is 58.1 cm³/mol. The second kappa shape index (κ2) is 3.21. The van der Waals surface area contributed by atoms with Crippen molar-refractivity contribution in [2.24, 2.45) is 11.3 Å². The molecule has 2 nitrogen and oxygen atoms in total. The Balaban J connectivity index is 2.14. The molecule has 0 aromatic heterocycles. The normalized spacial score (nSPS) is 42.2. The first-order valence-electron chi connectivity index (χ1n) is 5.90. The third-order valence-corrected chi connectivity index (χ3v) is 4.19. The van der Waals surface area contributed by atoms with Gasteiger partial charge in [0.25, 0.3) is 0 Å². The van der Waals surface area contributed by atoms with Crippen LogP contribution in [0.5, 0.6) is 0 Å². The fraction of sp³-hybridized carbons (Fsp3) is 1.00. The zero-order valence-electron chi connectivity index (χ0n) is 9.83. The van der Waals surface area contributed by atoms with Crippen molar-refractivity contribution in [3.63, 3.8) is 0 Å². The summed E-state index contributed by atoms with van der Waals surface area (Å²) in [5.41, 5.74) is 0.291. The molecule has 1 aliphatic carbocycles. The standard InChI is InChI=1S/C12H23NO/c1-8(2)10-5-12(7-14)6-11(12)13(10)9(3)4/h8-11,14H,5-7H2,1-4H3. The first-order valence-corrected chi connectivity index (χ1v) is 5.90. The minimum absolute atomic E-state index is 0.291. The number of aliphatic hydroxyl groups is 1. The van der Waals surface area contributed by atoms with Crippen LogP contribution in [0.25, 0.3) is 0 Å². The van der Waals surface area contributed by atoms with Crippen molar-refractivity contribution >= 4 is 0 Å². The van der Waals surface area contributed by atoms with Crippen molar-refractivity contribution in [3.8, 4) is 0 Å². The number of hydrogen-bond acceptors (Lipinski definition) is 2. The van der Waals surface area contributed by atoms with E-state index in [1.165, 1.54) is 12.8 Å². The molecule has 3 atom stereocenters. The number of rotatable bonds is 3. The predicted octanol–water partition coefficient (Wildman–Crippen LogP) is 1.88. The highest BCUT2D eigenvalue weighted by molar-refractivity contribution is 5.17. The van der Waals surface area contributed by atoms with E-state index in [4.69, 9.17) is 0 Å². The van der Waals surface area contributed by atoms with Crippen molar-refractivity contribution < 1.29 is 5.11 Å². The van der Waals surface area contributed by atoms with Crippen LogP contribution in [-0.2, 0) is 0 Å². The summed E-state index contributed by atoms with van der Waals surface area (Å²) >= 11 is 0. The van der Waals surface area contributed by atoms with E-state index < -0.39 is 0 Å². The van der Waals surface area contributed by atoms with Crippen LogP contribution in [0.1, 0.15) is 40.5 Å². The van der Waals surface area contributed by atoms with E-state index in [0.717, 1.165) is 0 Å². The van der Waals surface area contributed by atoms with E-state index in [-0.39, 0.29) is 0 Å². The first-order chi connectivity index (χ1) is 6.52. The summed E-state index contributed by atoms with van der Waals surface area (Å²) in [5, 5.41) is 9.44. The summed E-state index contributed by atoms with van der Waals surface area (Å²) in [6.07, 6.45) is 2.44. The second-order valence-corrected chi connectivity index (χ2v) is 5.80. The van der Waals surface area contributed by atoms with E-state index in [2.05, 4.69) is 32.6 Å². The lowest BCUT2D eigenvalue weighted by Gasteiger charge is -2.33. The molecule has 2 heteroatoms. The Morgan fingerprint density at radius 2 is 1.93 bits per heavy atom. The molecule has 2 aliphatic rings. The van der Waals surface area contributed by atoms with Gasteiger partial charge in [0.05, 0.1) is 6.61 Å². The van der Waals surface area contributed by atoms with Crippen LogP contribution in [0.15, 0.2) is 0 Å². The number of likely N-dealkylation sites (tertiary alicyclic amines) is 1. The molecule has 0 bridgehead atoms. The lowest BCUT2D eigenvalue weighted by Crippen LogP contribution is -2.41. The molecule has 1 saturated carbocycles. The Labute approximate surface area is 87.3 Å². The third kappa shape index (κ3) is 1.31. The zero-order valence-corrected chi connectivity index (χ0v) is 9.83. The molecule has 1 N–H and O–H groups in total. The van der Waals surface area contributed by atoms with E-state index in [9.17, 15) is 5.11 Å². The summed E-state index contributed by atoms with van der Waals surface area (Å²) in [6.45, 7) is 9.55. The van der Waals surface area contributed by atoms with Gasteiger partial charge in [0.15, 0.2) is 0 Å². The average molecular weight is 197 g/mol. The van der Waals surface area contributed by atoms with Gasteiger partial charge in [-0.3, -0.25) is 4.90 Å². The Hall–Kier alpha value is -0.0800. The minimum atomic E-state index is 0.291. The highest BCUT2D eigenvalue weighted by Crippen LogP contribution is 2.60. The van der Waals surface area contributed by atoms with Gasteiger partial charge >= 0.3 is 0 Å². The SMILES string of the molecule is CC(C)C1CC2(CO)CC2N1C(C)C. The Morgan fingerprint density at radius 3 is 2.29 bits per heavy atom. The molecule has 1 aliphatic heterocycles. The summed E-state index contributed by atoms with van der Waals surface area (Å²) in [7, 11) is 0. The molecule has 0 spiro atoms. The smallest absolute Gasteiger partial charge is 0.0503 e. The quantitative estimate of drug-likeness (QED) is 0.746. The van der Waals surface area contributed by atoms with Crippen molar-refractivity contribution in [2.45, 2.75) is 58.7 Å². The second-order valence-electron chi connectivity index (χ2n) is 5.80. The molecule has 0 amide bonds. The summed E-state index contributed by atoms with van der Waals surface area (Å²) < 4.78 is 0. The minimum Gasteiger partial charge on any atom is -0.396 e. The van der Waals surface area contributed by atoms with Crippen LogP contribution < -0.4 is 0 Å². The van der Waals surface area contributed by atoms with Crippen molar-refractivity contribution in [2.75, 3.05) is 6.61 Å². The van der Waals surface area contributed by atoms with Crippen LogP contribution in [0, 0.1) is 11.3 Å².